The molecule has 0 aliphatic rings. The molecule has 4 rings (SSSR count). The van der Waals surface area contributed by atoms with E-state index in [2.05, 4.69) is 25.6 Å². The van der Waals surface area contributed by atoms with Crippen molar-refractivity contribution in [3.8, 4) is 5.82 Å². The van der Waals surface area contributed by atoms with Crippen molar-refractivity contribution in [1.29, 1.82) is 0 Å². The van der Waals surface area contributed by atoms with Crippen LogP contribution in [0.2, 0.25) is 0 Å². The molecular formula is C22H20N6OS. The summed E-state index contributed by atoms with van der Waals surface area (Å²) in [4.78, 5) is 26.5. The molecule has 0 fully saturated rings. The van der Waals surface area contributed by atoms with E-state index in [1.165, 1.54) is 0 Å². The molecule has 0 saturated heterocycles. The Morgan fingerprint density at radius 1 is 1.00 bits per heavy atom. The average molecular weight is 417 g/mol. The number of imidazole rings is 1. The number of carbonyl (C=O) groups is 1. The van der Waals surface area contributed by atoms with Gasteiger partial charge in [-0.25, -0.2) is 15.0 Å². The second kappa shape index (κ2) is 8.79. The molecule has 0 aliphatic carbocycles. The van der Waals surface area contributed by atoms with Crippen LogP contribution in [-0.2, 0) is 0 Å². The summed E-state index contributed by atoms with van der Waals surface area (Å²) in [5, 5.41) is 6.19. The normalized spacial score (nSPS) is 10.6. The van der Waals surface area contributed by atoms with Gasteiger partial charge in [-0.05, 0) is 61.7 Å². The van der Waals surface area contributed by atoms with Crippen LogP contribution >= 0.6 is 11.8 Å². The Kier molecular flexibility index (Phi) is 5.76. The van der Waals surface area contributed by atoms with Crippen LogP contribution < -0.4 is 10.6 Å². The Hall–Kier alpha value is -3.65. The van der Waals surface area contributed by atoms with E-state index in [9.17, 15) is 4.79 Å². The fourth-order valence-electron chi connectivity index (χ4n) is 2.87. The van der Waals surface area contributed by atoms with Crippen LogP contribution in [-0.4, -0.2) is 31.7 Å². The highest BCUT2D eigenvalue weighted by atomic mass is 32.2. The van der Waals surface area contributed by atoms with Crippen molar-refractivity contribution in [1.82, 2.24) is 19.5 Å². The van der Waals surface area contributed by atoms with Crippen molar-refractivity contribution in [3.05, 3.63) is 84.7 Å². The van der Waals surface area contributed by atoms with E-state index in [1.807, 2.05) is 78.5 Å². The lowest BCUT2D eigenvalue weighted by atomic mass is 10.2. The molecule has 1 amide bonds. The van der Waals surface area contributed by atoms with Crippen LogP contribution in [0.25, 0.3) is 5.82 Å². The van der Waals surface area contributed by atoms with E-state index in [1.54, 1.807) is 24.3 Å². The fourth-order valence-corrected chi connectivity index (χ4v) is 3.28. The van der Waals surface area contributed by atoms with Crippen molar-refractivity contribution in [2.24, 2.45) is 0 Å². The number of amides is 1. The van der Waals surface area contributed by atoms with Crippen LogP contribution in [0.4, 0.5) is 17.2 Å². The largest absolute Gasteiger partial charge is 0.340 e. The van der Waals surface area contributed by atoms with Crippen LogP contribution in [0.5, 0.6) is 0 Å². The molecule has 8 heteroatoms. The maximum absolute atomic E-state index is 12.4. The lowest BCUT2D eigenvalue weighted by Gasteiger charge is -2.10. The molecule has 0 radical (unpaired) electrons. The van der Waals surface area contributed by atoms with Crippen molar-refractivity contribution in [2.75, 3.05) is 16.9 Å². The number of carbonyl (C=O) groups excluding carboxylic acids is 1. The maximum Gasteiger partial charge on any atom is 0.255 e. The number of benzene rings is 2. The van der Waals surface area contributed by atoms with Gasteiger partial charge in [0.05, 0.1) is 0 Å². The molecule has 2 aromatic carbocycles. The van der Waals surface area contributed by atoms with Crippen molar-refractivity contribution < 1.29 is 4.79 Å². The predicted molar refractivity (Wildman–Crippen MR) is 120 cm³/mol. The molecule has 7 nitrogen and oxygen atoms in total. The van der Waals surface area contributed by atoms with Crippen LogP contribution in [0.15, 0.2) is 78.2 Å². The Balaban J connectivity index is 1.44. The highest BCUT2D eigenvalue weighted by Gasteiger charge is 2.07. The molecule has 0 unspecified atom stereocenters. The van der Waals surface area contributed by atoms with Crippen molar-refractivity contribution in [2.45, 2.75) is 11.8 Å². The van der Waals surface area contributed by atoms with E-state index in [0.717, 1.165) is 22.1 Å². The molecular weight excluding hydrogens is 396 g/mol. The van der Waals surface area contributed by atoms with E-state index in [-0.39, 0.29) is 5.91 Å². The van der Waals surface area contributed by atoms with E-state index in [0.29, 0.717) is 17.2 Å². The maximum atomic E-state index is 12.4. The van der Waals surface area contributed by atoms with Gasteiger partial charge in [0.15, 0.2) is 0 Å². The molecule has 2 heterocycles. The van der Waals surface area contributed by atoms with Gasteiger partial charge in [-0.1, -0.05) is 0 Å². The number of nitrogens with one attached hydrogen (secondary N) is 2. The quantitative estimate of drug-likeness (QED) is 0.444. The van der Waals surface area contributed by atoms with Gasteiger partial charge >= 0.3 is 0 Å². The zero-order valence-electron chi connectivity index (χ0n) is 16.5. The Morgan fingerprint density at radius 3 is 2.40 bits per heavy atom. The number of thioether (sulfide) groups is 1. The SMILES string of the molecule is CSc1ccc(C(=O)Nc2ccc(Nc3cc(-n4ccnc4)nc(C)n3)cc2)cc1. The number of nitrogens with zero attached hydrogens (tertiary/aromatic N) is 4. The number of aryl methyl sites for hydroxylation is 1. The Labute approximate surface area is 178 Å². The summed E-state index contributed by atoms with van der Waals surface area (Å²) in [5.41, 5.74) is 2.20. The lowest BCUT2D eigenvalue weighted by molar-refractivity contribution is 0.102. The Bertz CT molecular complexity index is 1140. The first-order valence-electron chi connectivity index (χ1n) is 9.27. The number of rotatable bonds is 6. The van der Waals surface area contributed by atoms with E-state index < -0.39 is 0 Å². The van der Waals surface area contributed by atoms with Gasteiger partial charge in [-0.3, -0.25) is 9.36 Å². The third-order valence-corrected chi connectivity index (χ3v) is 5.10. The number of anilines is 3. The highest BCUT2D eigenvalue weighted by Crippen LogP contribution is 2.20. The zero-order valence-corrected chi connectivity index (χ0v) is 17.4. The van der Waals surface area contributed by atoms with Gasteiger partial charge in [0, 0.05) is 40.3 Å². The molecule has 0 bridgehead atoms. The van der Waals surface area contributed by atoms with Gasteiger partial charge in [-0.15, -0.1) is 11.8 Å². The van der Waals surface area contributed by atoms with E-state index in [4.69, 9.17) is 0 Å². The zero-order chi connectivity index (χ0) is 20.9. The smallest absolute Gasteiger partial charge is 0.255 e. The summed E-state index contributed by atoms with van der Waals surface area (Å²) in [6.45, 7) is 1.84. The first kappa shape index (κ1) is 19.7. The molecule has 0 atom stereocenters. The van der Waals surface area contributed by atoms with Crippen molar-refractivity contribution in [3.63, 3.8) is 0 Å². The third kappa shape index (κ3) is 4.66. The molecule has 150 valence electrons. The van der Waals surface area contributed by atoms with Crippen LogP contribution in [0.1, 0.15) is 16.2 Å². The first-order chi connectivity index (χ1) is 14.6. The van der Waals surface area contributed by atoms with Gasteiger partial charge in [-0.2, -0.15) is 0 Å². The molecule has 0 spiro atoms. The van der Waals surface area contributed by atoms with Gasteiger partial charge in [0.1, 0.15) is 23.8 Å². The summed E-state index contributed by atoms with van der Waals surface area (Å²) in [7, 11) is 0. The van der Waals surface area contributed by atoms with Crippen LogP contribution in [0.3, 0.4) is 0 Å². The highest BCUT2D eigenvalue weighted by molar-refractivity contribution is 7.98. The lowest BCUT2D eigenvalue weighted by Crippen LogP contribution is -2.11. The summed E-state index contributed by atoms with van der Waals surface area (Å²) in [5.74, 6) is 1.93. The average Bonchev–Trinajstić information content (AvgIpc) is 3.30. The summed E-state index contributed by atoms with van der Waals surface area (Å²) in [6.07, 6.45) is 7.23. The standard InChI is InChI=1S/C22H20N6OS/c1-15-24-20(13-21(25-15)28-12-11-23-14-28)26-17-5-7-18(8-6-17)27-22(29)16-3-9-19(30-2)10-4-16/h3-14H,1-2H3,(H,27,29)(H,24,25,26). The van der Waals surface area contributed by atoms with E-state index >= 15 is 0 Å². The minimum Gasteiger partial charge on any atom is -0.340 e. The Morgan fingerprint density at radius 2 is 1.73 bits per heavy atom. The fraction of sp³-hybridized carbons (Fsp3) is 0.0909. The number of hydrogen-bond donors (Lipinski definition) is 2. The monoisotopic (exact) mass is 416 g/mol. The molecule has 0 saturated carbocycles. The predicted octanol–water partition coefficient (Wildman–Crippen LogP) is 4.69. The first-order valence-corrected chi connectivity index (χ1v) is 10.5. The number of aromatic nitrogens is 4. The molecule has 0 aliphatic heterocycles. The molecule has 4 aromatic rings. The third-order valence-electron chi connectivity index (χ3n) is 4.36. The van der Waals surface area contributed by atoms with Gasteiger partial charge in [0.25, 0.3) is 5.91 Å². The summed E-state index contributed by atoms with van der Waals surface area (Å²) in [6, 6.07) is 16.9. The van der Waals surface area contributed by atoms with Crippen molar-refractivity contribution >= 4 is 34.9 Å². The molecule has 2 aromatic heterocycles. The number of hydrogen-bond acceptors (Lipinski definition) is 6. The summed E-state index contributed by atoms with van der Waals surface area (Å²) < 4.78 is 1.82. The van der Waals surface area contributed by atoms with Gasteiger partial charge in [0.2, 0.25) is 0 Å². The minimum atomic E-state index is -0.139. The molecule has 2 N–H and O–H groups in total. The second-order valence-electron chi connectivity index (χ2n) is 6.51. The minimum absolute atomic E-state index is 0.139. The summed E-state index contributed by atoms with van der Waals surface area (Å²) >= 11 is 1.64. The topological polar surface area (TPSA) is 84.7 Å². The second-order valence-corrected chi connectivity index (χ2v) is 7.39. The van der Waals surface area contributed by atoms with Crippen LogP contribution in [0, 0.1) is 6.92 Å². The molecule has 30 heavy (non-hydrogen) atoms. The van der Waals surface area contributed by atoms with Gasteiger partial charge < -0.3 is 10.6 Å².